The highest BCUT2D eigenvalue weighted by Gasteiger charge is 2.49. The summed E-state index contributed by atoms with van der Waals surface area (Å²) in [6.45, 7) is 1.15. The first-order valence-corrected chi connectivity index (χ1v) is 10.2. The van der Waals surface area contributed by atoms with Crippen LogP contribution >= 0.6 is 0 Å². The third-order valence-corrected chi connectivity index (χ3v) is 5.81. The van der Waals surface area contributed by atoms with Crippen molar-refractivity contribution in [2.75, 3.05) is 18.4 Å². The largest absolute Gasteiger partial charge is 0.431 e. The van der Waals surface area contributed by atoms with E-state index in [2.05, 4.69) is 25.5 Å². The SMILES string of the molecule is O=C1Nc2nccc(-c3nn([C@H]4CCNCC[C@H]4F)c4ccccc34)c2[C@H](C(F)(F)F)O1. The van der Waals surface area contributed by atoms with Gasteiger partial charge in [0.1, 0.15) is 17.7 Å². The van der Waals surface area contributed by atoms with E-state index in [1.807, 2.05) is 0 Å². The molecule has 0 spiro atoms. The first-order valence-electron chi connectivity index (χ1n) is 10.2. The molecule has 32 heavy (non-hydrogen) atoms. The first-order chi connectivity index (χ1) is 15.3. The number of halogens is 4. The van der Waals surface area contributed by atoms with E-state index in [9.17, 15) is 22.4 Å². The summed E-state index contributed by atoms with van der Waals surface area (Å²) in [6.07, 6.45) is -7.62. The van der Waals surface area contributed by atoms with Crippen molar-refractivity contribution in [1.82, 2.24) is 20.1 Å². The third-order valence-electron chi connectivity index (χ3n) is 5.81. The number of alkyl halides is 4. The van der Waals surface area contributed by atoms with Crippen LogP contribution in [0.3, 0.4) is 0 Å². The average molecular weight is 449 g/mol. The van der Waals surface area contributed by atoms with E-state index >= 15 is 0 Å². The second-order valence-corrected chi connectivity index (χ2v) is 7.79. The number of rotatable bonds is 2. The molecule has 11 heteroatoms. The van der Waals surface area contributed by atoms with Crippen molar-refractivity contribution in [2.45, 2.75) is 37.3 Å². The molecule has 3 atom stereocenters. The molecule has 0 radical (unpaired) electrons. The minimum absolute atomic E-state index is 0.120. The van der Waals surface area contributed by atoms with Crippen molar-refractivity contribution in [3.8, 4) is 11.3 Å². The van der Waals surface area contributed by atoms with Crippen LogP contribution in [0.1, 0.15) is 30.6 Å². The predicted octanol–water partition coefficient (Wildman–Crippen LogP) is 4.53. The van der Waals surface area contributed by atoms with E-state index in [0.717, 1.165) is 0 Å². The van der Waals surface area contributed by atoms with Crippen LogP contribution in [0.2, 0.25) is 0 Å². The number of pyridine rings is 1. The third kappa shape index (κ3) is 3.46. The zero-order valence-electron chi connectivity index (χ0n) is 16.7. The first kappa shape index (κ1) is 20.7. The molecule has 1 fully saturated rings. The molecule has 4 heterocycles. The molecular formula is C21H19F4N5O2. The van der Waals surface area contributed by atoms with Crippen LogP contribution in [0.5, 0.6) is 0 Å². The van der Waals surface area contributed by atoms with E-state index in [4.69, 9.17) is 0 Å². The Labute approximate surface area is 179 Å². The van der Waals surface area contributed by atoms with E-state index < -0.39 is 30.6 Å². The molecule has 2 aromatic heterocycles. The summed E-state index contributed by atoms with van der Waals surface area (Å²) in [5, 5.41) is 10.6. The summed E-state index contributed by atoms with van der Waals surface area (Å²) in [5.74, 6) is -0.234. The molecule has 1 amide bonds. The lowest BCUT2D eigenvalue weighted by Gasteiger charge is -2.28. The average Bonchev–Trinajstić information content (AvgIpc) is 3.00. The van der Waals surface area contributed by atoms with E-state index in [1.54, 1.807) is 28.9 Å². The standard InChI is InChI=1S/C21H19F4N5O2/c22-13-6-8-26-9-7-15(13)30-14-4-2-1-3-11(14)17(29-30)12-5-10-27-19-16(12)18(21(23,24)25)32-20(31)28-19/h1-5,10,13,15,18,26H,6-9H2,(H,27,28,31)/t13-,15+,18-/m1/s1. The number of carbonyl (C=O) groups is 1. The molecule has 0 aliphatic carbocycles. The lowest BCUT2D eigenvalue weighted by atomic mass is 9.97. The number of carbonyl (C=O) groups excluding carboxylic acids is 1. The van der Waals surface area contributed by atoms with Gasteiger partial charge in [0, 0.05) is 17.1 Å². The Morgan fingerprint density at radius 2 is 1.91 bits per heavy atom. The van der Waals surface area contributed by atoms with Gasteiger partial charge in [0.15, 0.2) is 0 Å². The van der Waals surface area contributed by atoms with E-state index in [1.165, 1.54) is 12.3 Å². The minimum Gasteiger partial charge on any atom is -0.431 e. The Bertz CT molecular complexity index is 1180. The maximum absolute atomic E-state index is 14.9. The van der Waals surface area contributed by atoms with Crippen molar-refractivity contribution in [3.05, 3.63) is 42.1 Å². The zero-order valence-corrected chi connectivity index (χ0v) is 16.7. The molecule has 5 rings (SSSR count). The summed E-state index contributed by atoms with van der Waals surface area (Å²) in [6, 6.07) is 7.86. The molecule has 3 aromatic rings. The summed E-state index contributed by atoms with van der Waals surface area (Å²) in [5.41, 5.74) is 0.661. The maximum atomic E-state index is 14.9. The fourth-order valence-corrected chi connectivity index (χ4v) is 4.37. The molecule has 0 unspecified atom stereocenters. The van der Waals surface area contributed by atoms with Crippen LogP contribution in [0.15, 0.2) is 36.5 Å². The predicted molar refractivity (Wildman–Crippen MR) is 108 cm³/mol. The van der Waals surface area contributed by atoms with Gasteiger partial charge >= 0.3 is 12.3 Å². The minimum atomic E-state index is -4.85. The van der Waals surface area contributed by atoms with Gasteiger partial charge in [-0.1, -0.05) is 18.2 Å². The van der Waals surface area contributed by atoms with Crippen LogP contribution in [0.25, 0.3) is 22.2 Å². The fourth-order valence-electron chi connectivity index (χ4n) is 4.37. The van der Waals surface area contributed by atoms with Gasteiger partial charge < -0.3 is 10.1 Å². The molecule has 2 aliphatic heterocycles. The molecule has 1 saturated heterocycles. The quantitative estimate of drug-likeness (QED) is 0.562. The van der Waals surface area contributed by atoms with Crippen LogP contribution in [0, 0.1) is 0 Å². The second kappa shape index (κ2) is 7.73. The Morgan fingerprint density at radius 3 is 2.72 bits per heavy atom. The van der Waals surface area contributed by atoms with Gasteiger partial charge in [-0.25, -0.2) is 14.2 Å². The van der Waals surface area contributed by atoms with Crippen LogP contribution in [0.4, 0.5) is 28.2 Å². The Hall–Kier alpha value is -3.21. The van der Waals surface area contributed by atoms with Gasteiger partial charge in [-0.05, 0) is 38.1 Å². The van der Waals surface area contributed by atoms with Gasteiger partial charge in [0.2, 0.25) is 6.10 Å². The van der Waals surface area contributed by atoms with Crippen molar-refractivity contribution in [2.24, 2.45) is 0 Å². The number of benzene rings is 1. The van der Waals surface area contributed by atoms with Gasteiger partial charge in [0.05, 0.1) is 17.1 Å². The number of nitrogens with zero attached hydrogens (tertiary/aromatic N) is 3. The Morgan fingerprint density at radius 1 is 1.12 bits per heavy atom. The number of hydrogen-bond acceptors (Lipinski definition) is 5. The number of cyclic esters (lactones) is 1. The smallest absolute Gasteiger partial charge is 0.430 e. The van der Waals surface area contributed by atoms with Gasteiger partial charge in [0.25, 0.3) is 0 Å². The van der Waals surface area contributed by atoms with Crippen molar-refractivity contribution < 1.29 is 27.1 Å². The molecular weight excluding hydrogens is 430 g/mol. The van der Waals surface area contributed by atoms with Crippen molar-refractivity contribution >= 4 is 22.8 Å². The highest BCUT2D eigenvalue weighted by molar-refractivity contribution is 5.97. The highest BCUT2D eigenvalue weighted by atomic mass is 19.4. The Balaban J connectivity index is 1.72. The van der Waals surface area contributed by atoms with Crippen molar-refractivity contribution in [1.29, 1.82) is 0 Å². The summed E-state index contributed by atoms with van der Waals surface area (Å²) >= 11 is 0. The number of para-hydroxylation sites is 1. The van der Waals surface area contributed by atoms with E-state index in [0.29, 0.717) is 36.8 Å². The van der Waals surface area contributed by atoms with E-state index in [-0.39, 0.29) is 22.6 Å². The number of nitrogens with one attached hydrogen (secondary N) is 2. The number of ether oxygens (including phenoxy) is 1. The summed E-state index contributed by atoms with van der Waals surface area (Å²) < 4.78 is 62.4. The lowest BCUT2D eigenvalue weighted by Crippen LogP contribution is -2.34. The summed E-state index contributed by atoms with van der Waals surface area (Å²) in [7, 11) is 0. The normalized spacial score (nSPS) is 23.9. The Kier molecular flexibility index (Phi) is 5.00. The number of fused-ring (bicyclic) bond motifs is 2. The maximum Gasteiger partial charge on any atom is 0.430 e. The molecule has 0 saturated carbocycles. The number of hydrogen-bond donors (Lipinski definition) is 2. The van der Waals surface area contributed by atoms with Crippen molar-refractivity contribution in [3.63, 3.8) is 0 Å². The summed E-state index contributed by atoms with van der Waals surface area (Å²) in [4.78, 5) is 15.6. The molecule has 0 bridgehead atoms. The van der Waals surface area contributed by atoms with Crippen LogP contribution in [-0.2, 0) is 4.74 Å². The van der Waals surface area contributed by atoms with Gasteiger partial charge in [-0.15, -0.1) is 0 Å². The monoisotopic (exact) mass is 449 g/mol. The highest BCUT2D eigenvalue weighted by Crippen LogP contribution is 2.46. The van der Waals surface area contributed by atoms with Crippen LogP contribution in [-0.4, -0.2) is 46.3 Å². The number of anilines is 1. The fraction of sp³-hybridized carbons (Fsp3) is 0.381. The number of aromatic nitrogens is 3. The molecule has 1 aromatic carbocycles. The van der Waals surface area contributed by atoms with Gasteiger partial charge in [-0.2, -0.15) is 18.3 Å². The van der Waals surface area contributed by atoms with Gasteiger partial charge in [-0.3, -0.25) is 10.00 Å². The molecule has 168 valence electrons. The molecule has 7 nitrogen and oxygen atoms in total. The molecule has 2 N–H and O–H groups in total. The zero-order chi connectivity index (χ0) is 22.5. The topological polar surface area (TPSA) is 81.1 Å². The second-order valence-electron chi connectivity index (χ2n) is 7.79. The molecule has 2 aliphatic rings. The number of amides is 1. The van der Waals surface area contributed by atoms with Crippen LogP contribution < -0.4 is 10.6 Å². The lowest BCUT2D eigenvalue weighted by molar-refractivity contribution is -0.206.